The molecular weight excluding hydrogens is 250 g/mol. The zero-order valence-electron chi connectivity index (χ0n) is 10.1. The van der Waals surface area contributed by atoms with Crippen LogP contribution in [0.1, 0.15) is 27.4 Å². The topological polar surface area (TPSA) is 42.2 Å². The number of benzene rings is 1. The summed E-state index contributed by atoms with van der Waals surface area (Å²) in [5.74, 6) is 0.925. The maximum atomic E-state index is 11.8. The van der Waals surface area contributed by atoms with E-state index in [1.165, 1.54) is 5.56 Å². The number of hydrogen-bond acceptors (Lipinski definition) is 2. The SMILES string of the molecule is Cc1cccc(CNC(=O)c2ccc(CCl)o2)c1. The van der Waals surface area contributed by atoms with Gasteiger partial charge in [-0.15, -0.1) is 11.6 Å². The van der Waals surface area contributed by atoms with Crippen LogP contribution in [-0.4, -0.2) is 5.91 Å². The number of alkyl halides is 1. The van der Waals surface area contributed by atoms with Crippen LogP contribution >= 0.6 is 11.6 Å². The summed E-state index contributed by atoms with van der Waals surface area (Å²) in [7, 11) is 0. The van der Waals surface area contributed by atoms with E-state index in [4.69, 9.17) is 16.0 Å². The molecule has 4 heteroatoms. The molecule has 18 heavy (non-hydrogen) atoms. The Balaban J connectivity index is 1.96. The highest BCUT2D eigenvalue weighted by Gasteiger charge is 2.10. The summed E-state index contributed by atoms with van der Waals surface area (Å²) >= 11 is 5.61. The number of carbonyl (C=O) groups is 1. The molecule has 0 unspecified atom stereocenters. The summed E-state index contributed by atoms with van der Waals surface area (Å²) in [4.78, 5) is 11.8. The first-order valence-corrected chi connectivity index (χ1v) is 6.21. The lowest BCUT2D eigenvalue weighted by Gasteiger charge is -2.04. The molecule has 1 N–H and O–H groups in total. The first-order valence-electron chi connectivity index (χ1n) is 5.67. The predicted molar refractivity (Wildman–Crippen MR) is 70.6 cm³/mol. The molecule has 1 aromatic carbocycles. The summed E-state index contributed by atoms with van der Waals surface area (Å²) in [6, 6.07) is 11.3. The number of amides is 1. The molecule has 2 rings (SSSR count). The van der Waals surface area contributed by atoms with E-state index >= 15 is 0 Å². The zero-order chi connectivity index (χ0) is 13.0. The quantitative estimate of drug-likeness (QED) is 0.861. The van der Waals surface area contributed by atoms with Crippen molar-refractivity contribution in [1.29, 1.82) is 0 Å². The highest BCUT2D eigenvalue weighted by atomic mass is 35.5. The van der Waals surface area contributed by atoms with Gasteiger partial charge in [0.25, 0.3) is 5.91 Å². The van der Waals surface area contributed by atoms with Crippen LogP contribution < -0.4 is 5.32 Å². The van der Waals surface area contributed by atoms with Crippen LogP contribution in [0.2, 0.25) is 0 Å². The molecule has 0 spiro atoms. The van der Waals surface area contributed by atoms with Crippen LogP contribution in [0.3, 0.4) is 0 Å². The van der Waals surface area contributed by atoms with Crippen LogP contribution in [-0.2, 0) is 12.4 Å². The molecule has 1 aromatic heterocycles. The molecule has 0 aliphatic carbocycles. The van der Waals surface area contributed by atoms with E-state index in [0.717, 1.165) is 5.56 Å². The van der Waals surface area contributed by atoms with Crippen molar-refractivity contribution >= 4 is 17.5 Å². The summed E-state index contributed by atoms with van der Waals surface area (Å²) in [5, 5.41) is 2.80. The van der Waals surface area contributed by atoms with Crippen molar-refractivity contribution in [3.05, 3.63) is 59.0 Å². The molecule has 2 aromatic rings. The van der Waals surface area contributed by atoms with Crippen molar-refractivity contribution in [2.75, 3.05) is 0 Å². The number of nitrogens with one attached hydrogen (secondary N) is 1. The minimum Gasteiger partial charge on any atom is -0.455 e. The molecule has 0 fully saturated rings. The monoisotopic (exact) mass is 263 g/mol. The van der Waals surface area contributed by atoms with E-state index in [-0.39, 0.29) is 11.8 Å². The molecule has 94 valence electrons. The number of halogens is 1. The zero-order valence-corrected chi connectivity index (χ0v) is 10.8. The largest absolute Gasteiger partial charge is 0.455 e. The minimum atomic E-state index is -0.229. The van der Waals surface area contributed by atoms with Gasteiger partial charge in [0.2, 0.25) is 0 Å². The summed E-state index contributed by atoms with van der Waals surface area (Å²) in [6.45, 7) is 2.50. The van der Waals surface area contributed by atoms with Crippen molar-refractivity contribution in [2.45, 2.75) is 19.3 Å². The standard InChI is InChI=1S/C14H14ClNO2/c1-10-3-2-4-11(7-10)9-16-14(17)13-6-5-12(8-15)18-13/h2-7H,8-9H2,1H3,(H,16,17). The van der Waals surface area contributed by atoms with Gasteiger partial charge in [0.1, 0.15) is 5.76 Å². The maximum absolute atomic E-state index is 11.8. The van der Waals surface area contributed by atoms with Crippen LogP contribution in [0.25, 0.3) is 0 Å². The van der Waals surface area contributed by atoms with Gasteiger partial charge in [-0.1, -0.05) is 29.8 Å². The Morgan fingerprint density at radius 3 is 2.83 bits per heavy atom. The normalized spacial score (nSPS) is 10.3. The highest BCUT2D eigenvalue weighted by Crippen LogP contribution is 2.10. The average molecular weight is 264 g/mol. The van der Waals surface area contributed by atoms with Crippen LogP contribution in [0.4, 0.5) is 0 Å². The second-order valence-corrected chi connectivity index (χ2v) is 4.34. The number of carbonyl (C=O) groups excluding carboxylic acids is 1. The van der Waals surface area contributed by atoms with Crippen molar-refractivity contribution in [2.24, 2.45) is 0 Å². The smallest absolute Gasteiger partial charge is 0.287 e. The van der Waals surface area contributed by atoms with Gasteiger partial charge in [0.15, 0.2) is 5.76 Å². The molecule has 3 nitrogen and oxygen atoms in total. The number of furan rings is 1. The first-order chi connectivity index (χ1) is 8.69. The average Bonchev–Trinajstić information content (AvgIpc) is 2.85. The molecule has 0 saturated heterocycles. The van der Waals surface area contributed by atoms with Crippen LogP contribution in [0.5, 0.6) is 0 Å². The van der Waals surface area contributed by atoms with Gasteiger partial charge in [-0.25, -0.2) is 0 Å². The van der Waals surface area contributed by atoms with Gasteiger partial charge in [-0.2, -0.15) is 0 Å². The molecule has 0 saturated carbocycles. The minimum absolute atomic E-state index is 0.229. The molecule has 0 radical (unpaired) electrons. The third-order valence-electron chi connectivity index (χ3n) is 2.55. The van der Waals surface area contributed by atoms with Crippen molar-refractivity contribution in [3.8, 4) is 0 Å². The van der Waals surface area contributed by atoms with Gasteiger partial charge in [-0.3, -0.25) is 4.79 Å². The Morgan fingerprint density at radius 2 is 2.17 bits per heavy atom. The van der Waals surface area contributed by atoms with E-state index in [0.29, 0.717) is 18.1 Å². The lowest BCUT2D eigenvalue weighted by molar-refractivity contribution is 0.0921. The molecule has 0 bridgehead atoms. The van der Waals surface area contributed by atoms with E-state index in [1.807, 2.05) is 31.2 Å². The molecule has 1 heterocycles. The fourth-order valence-corrected chi connectivity index (χ4v) is 1.81. The molecule has 0 aliphatic heterocycles. The van der Waals surface area contributed by atoms with Gasteiger partial charge in [0.05, 0.1) is 5.88 Å². The van der Waals surface area contributed by atoms with E-state index in [9.17, 15) is 4.79 Å². The number of hydrogen-bond donors (Lipinski definition) is 1. The highest BCUT2D eigenvalue weighted by molar-refractivity contribution is 6.16. The van der Waals surface area contributed by atoms with E-state index in [2.05, 4.69) is 5.32 Å². The third kappa shape index (κ3) is 3.14. The van der Waals surface area contributed by atoms with Gasteiger partial charge in [-0.05, 0) is 24.6 Å². The Kier molecular flexibility index (Phi) is 4.05. The Labute approximate surface area is 111 Å². The van der Waals surface area contributed by atoms with Crippen LogP contribution in [0.15, 0.2) is 40.8 Å². The van der Waals surface area contributed by atoms with Crippen molar-refractivity contribution in [3.63, 3.8) is 0 Å². The van der Waals surface area contributed by atoms with Gasteiger partial charge < -0.3 is 9.73 Å². The fraction of sp³-hybridized carbons (Fsp3) is 0.214. The predicted octanol–water partition coefficient (Wildman–Crippen LogP) is 3.26. The van der Waals surface area contributed by atoms with Crippen molar-refractivity contribution in [1.82, 2.24) is 5.32 Å². The molecule has 0 aliphatic rings. The van der Waals surface area contributed by atoms with E-state index in [1.54, 1.807) is 12.1 Å². The first kappa shape index (κ1) is 12.7. The van der Waals surface area contributed by atoms with Gasteiger partial charge >= 0.3 is 0 Å². The maximum Gasteiger partial charge on any atom is 0.287 e. The van der Waals surface area contributed by atoms with Gasteiger partial charge in [0, 0.05) is 6.54 Å². The lowest BCUT2D eigenvalue weighted by Crippen LogP contribution is -2.22. The summed E-state index contributed by atoms with van der Waals surface area (Å²) in [6.07, 6.45) is 0. The second kappa shape index (κ2) is 5.74. The Bertz CT molecular complexity index is 548. The summed E-state index contributed by atoms with van der Waals surface area (Å²) in [5.41, 5.74) is 2.23. The second-order valence-electron chi connectivity index (χ2n) is 4.07. The number of aryl methyl sites for hydroxylation is 1. The van der Waals surface area contributed by atoms with E-state index < -0.39 is 0 Å². The molecule has 1 amide bonds. The Morgan fingerprint density at radius 1 is 1.33 bits per heavy atom. The molecular formula is C14H14ClNO2. The summed E-state index contributed by atoms with van der Waals surface area (Å²) < 4.78 is 5.26. The number of rotatable bonds is 4. The Hall–Kier alpha value is -1.74. The van der Waals surface area contributed by atoms with Crippen LogP contribution in [0, 0.1) is 6.92 Å². The van der Waals surface area contributed by atoms with Crippen molar-refractivity contribution < 1.29 is 9.21 Å². The lowest BCUT2D eigenvalue weighted by atomic mass is 10.1. The third-order valence-corrected chi connectivity index (χ3v) is 2.82. The fourth-order valence-electron chi connectivity index (χ4n) is 1.66. The molecule has 0 atom stereocenters.